The number of hydrogen-bond acceptors (Lipinski definition) is 6. The van der Waals surface area contributed by atoms with Crippen LogP contribution in [0.2, 0.25) is 0 Å². The van der Waals surface area contributed by atoms with Gasteiger partial charge in [0.15, 0.2) is 11.5 Å². The van der Waals surface area contributed by atoms with Crippen molar-refractivity contribution in [1.82, 2.24) is 5.43 Å². The minimum atomic E-state index is -0.340. The summed E-state index contributed by atoms with van der Waals surface area (Å²) in [6.07, 6.45) is 1.46. The first-order valence-electron chi connectivity index (χ1n) is 9.21. The summed E-state index contributed by atoms with van der Waals surface area (Å²) in [7, 11) is 0. The average Bonchev–Trinajstić information content (AvgIpc) is 3.40. The predicted molar refractivity (Wildman–Crippen MR) is 110 cm³/mol. The maximum absolute atomic E-state index is 12.5. The lowest BCUT2D eigenvalue weighted by Crippen LogP contribution is -2.19. The molecule has 8 nitrogen and oxygen atoms in total. The number of hydrazone groups is 1. The van der Waals surface area contributed by atoms with Gasteiger partial charge in [-0.1, -0.05) is 12.1 Å². The summed E-state index contributed by atoms with van der Waals surface area (Å²) in [6.45, 7) is 3.65. The standard InChI is InChI=1S/C22H19N3O5/c1-13(24-25-22(27)18-9-10-28-14(18)2)15-3-6-17(7-4-15)23-21(26)16-5-8-19-20(11-16)30-12-29-19/h3-11H,12H2,1-2H3,(H,23,26)(H,25,27). The van der Waals surface area contributed by atoms with Crippen molar-refractivity contribution in [3.8, 4) is 11.5 Å². The van der Waals surface area contributed by atoms with Crippen molar-refractivity contribution in [3.05, 3.63) is 77.2 Å². The van der Waals surface area contributed by atoms with Gasteiger partial charge in [0, 0.05) is 11.3 Å². The molecule has 1 aliphatic heterocycles. The minimum Gasteiger partial charge on any atom is -0.469 e. The molecule has 0 unspecified atom stereocenters. The number of amides is 2. The second kappa shape index (κ2) is 8.12. The number of benzene rings is 2. The van der Waals surface area contributed by atoms with Gasteiger partial charge in [-0.25, -0.2) is 5.43 Å². The average molecular weight is 405 g/mol. The molecule has 0 aliphatic carbocycles. The van der Waals surface area contributed by atoms with E-state index in [1.54, 1.807) is 50.2 Å². The van der Waals surface area contributed by atoms with Crippen LogP contribution in [-0.4, -0.2) is 24.3 Å². The number of nitrogens with zero attached hydrogens (tertiary/aromatic N) is 1. The smallest absolute Gasteiger partial charge is 0.274 e. The molecule has 30 heavy (non-hydrogen) atoms. The summed E-state index contributed by atoms with van der Waals surface area (Å²) in [6, 6.07) is 13.8. The van der Waals surface area contributed by atoms with Gasteiger partial charge in [0.05, 0.1) is 17.5 Å². The predicted octanol–water partition coefficient (Wildman–Crippen LogP) is 3.72. The third-order valence-electron chi connectivity index (χ3n) is 4.62. The van der Waals surface area contributed by atoms with Gasteiger partial charge in [-0.3, -0.25) is 9.59 Å². The third-order valence-corrected chi connectivity index (χ3v) is 4.62. The normalized spacial score (nSPS) is 12.5. The molecule has 2 amide bonds. The zero-order valence-corrected chi connectivity index (χ0v) is 16.4. The molecule has 0 bridgehead atoms. The quantitative estimate of drug-likeness (QED) is 0.498. The first-order chi connectivity index (χ1) is 14.5. The molecule has 1 aromatic heterocycles. The van der Waals surface area contributed by atoms with Crippen LogP contribution in [0.3, 0.4) is 0 Å². The number of anilines is 1. The summed E-state index contributed by atoms with van der Waals surface area (Å²) < 4.78 is 15.7. The monoisotopic (exact) mass is 405 g/mol. The van der Waals surface area contributed by atoms with Crippen molar-refractivity contribution in [2.75, 3.05) is 12.1 Å². The molecule has 0 radical (unpaired) electrons. The van der Waals surface area contributed by atoms with Crippen molar-refractivity contribution in [3.63, 3.8) is 0 Å². The Hall–Kier alpha value is -4.07. The van der Waals surface area contributed by atoms with Gasteiger partial charge in [0.2, 0.25) is 6.79 Å². The molecular weight excluding hydrogens is 386 g/mol. The molecular formula is C22H19N3O5. The molecule has 2 N–H and O–H groups in total. The lowest BCUT2D eigenvalue weighted by molar-refractivity contribution is 0.0952. The van der Waals surface area contributed by atoms with Crippen LogP contribution in [0.1, 0.15) is 39.0 Å². The number of carbonyl (C=O) groups excluding carboxylic acids is 2. The van der Waals surface area contributed by atoms with E-state index in [1.807, 2.05) is 12.1 Å². The van der Waals surface area contributed by atoms with Crippen LogP contribution in [-0.2, 0) is 0 Å². The summed E-state index contributed by atoms with van der Waals surface area (Å²) in [5, 5.41) is 6.96. The molecule has 0 atom stereocenters. The van der Waals surface area contributed by atoms with Crippen molar-refractivity contribution in [2.45, 2.75) is 13.8 Å². The number of aryl methyl sites for hydroxylation is 1. The van der Waals surface area contributed by atoms with Crippen LogP contribution in [0.5, 0.6) is 11.5 Å². The molecule has 8 heteroatoms. The Morgan fingerprint density at radius 2 is 1.67 bits per heavy atom. The van der Waals surface area contributed by atoms with Gasteiger partial charge in [-0.05, 0) is 55.8 Å². The number of ether oxygens (including phenoxy) is 2. The zero-order chi connectivity index (χ0) is 21.1. The van der Waals surface area contributed by atoms with Gasteiger partial charge >= 0.3 is 0 Å². The van der Waals surface area contributed by atoms with Crippen LogP contribution in [0, 0.1) is 6.92 Å². The molecule has 0 saturated carbocycles. The van der Waals surface area contributed by atoms with E-state index in [1.165, 1.54) is 6.26 Å². The highest BCUT2D eigenvalue weighted by Crippen LogP contribution is 2.32. The lowest BCUT2D eigenvalue weighted by atomic mass is 10.1. The van der Waals surface area contributed by atoms with Crippen LogP contribution in [0.25, 0.3) is 0 Å². The molecule has 0 saturated heterocycles. The molecule has 2 aromatic carbocycles. The van der Waals surface area contributed by atoms with Gasteiger partial charge in [-0.15, -0.1) is 0 Å². The Morgan fingerprint density at radius 3 is 2.40 bits per heavy atom. The molecule has 4 rings (SSSR count). The number of rotatable bonds is 5. The Labute approximate surface area is 172 Å². The van der Waals surface area contributed by atoms with Crippen molar-refractivity contribution >= 4 is 23.2 Å². The van der Waals surface area contributed by atoms with E-state index < -0.39 is 0 Å². The fourth-order valence-electron chi connectivity index (χ4n) is 2.92. The number of fused-ring (bicyclic) bond motifs is 1. The Balaban J connectivity index is 1.39. The van der Waals surface area contributed by atoms with Crippen LogP contribution in [0.4, 0.5) is 5.69 Å². The van der Waals surface area contributed by atoms with E-state index in [0.29, 0.717) is 39.8 Å². The van der Waals surface area contributed by atoms with E-state index in [4.69, 9.17) is 13.9 Å². The largest absolute Gasteiger partial charge is 0.469 e. The third kappa shape index (κ3) is 4.02. The highest BCUT2D eigenvalue weighted by molar-refractivity contribution is 6.05. The maximum atomic E-state index is 12.5. The summed E-state index contributed by atoms with van der Waals surface area (Å²) in [4.78, 5) is 24.6. The van der Waals surface area contributed by atoms with E-state index in [2.05, 4.69) is 15.8 Å². The van der Waals surface area contributed by atoms with E-state index in [-0.39, 0.29) is 18.6 Å². The molecule has 0 spiro atoms. The van der Waals surface area contributed by atoms with Crippen LogP contribution < -0.4 is 20.2 Å². The Bertz CT molecular complexity index is 1130. The second-order valence-electron chi connectivity index (χ2n) is 6.63. The molecule has 3 aromatic rings. The molecule has 1 aliphatic rings. The SMILES string of the molecule is CC(=NNC(=O)c1ccoc1C)c1ccc(NC(=O)c2ccc3c(c2)OCO3)cc1. The second-order valence-corrected chi connectivity index (χ2v) is 6.63. The number of nitrogens with one attached hydrogen (secondary N) is 2. The van der Waals surface area contributed by atoms with E-state index in [9.17, 15) is 9.59 Å². The fraction of sp³-hybridized carbons (Fsp3) is 0.136. The molecule has 2 heterocycles. The number of hydrogen-bond donors (Lipinski definition) is 2. The molecule has 0 fully saturated rings. The fourth-order valence-corrected chi connectivity index (χ4v) is 2.92. The lowest BCUT2D eigenvalue weighted by Gasteiger charge is -2.08. The topological polar surface area (TPSA) is 102 Å². The van der Waals surface area contributed by atoms with Crippen LogP contribution in [0.15, 0.2) is 64.3 Å². The minimum absolute atomic E-state index is 0.158. The van der Waals surface area contributed by atoms with E-state index in [0.717, 1.165) is 5.56 Å². The highest BCUT2D eigenvalue weighted by Gasteiger charge is 2.16. The maximum Gasteiger partial charge on any atom is 0.274 e. The van der Waals surface area contributed by atoms with Crippen LogP contribution >= 0.6 is 0 Å². The van der Waals surface area contributed by atoms with Gasteiger partial charge in [-0.2, -0.15) is 5.10 Å². The van der Waals surface area contributed by atoms with Crippen molar-refractivity contribution < 1.29 is 23.5 Å². The Morgan fingerprint density at radius 1 is 0.933 bits per heavy atom. The first kappa shape index (κ1) is 19.3. The van der Waals surface area contributed by atoms with Crippen molar-refractivity contribution in [1.29, 1.82) is 0 Å². The number of carbonyl (C=O) groups is 2. The van der Waals surface area contributed by atoms with Gasteiger partial charge in [0.1, 0.15) is 5.76 Å². The van der Waals surface area contributed by atoms with Gasteiger partial charge < -0.3 is 19.2 Å². The highest BCUT2D eigenvalue weighted by atomic mass is 16.7. The summed E-state index contributed by atoms with van der Waals surface area (Å²) >= 11 is 0. The number of furan rings is 1. The van der Waals surface area contributed by atoms with E-state index >= 15 is 0 Å². The summed E-state index contributed by atoms with van der Waals surface area (Å²) in [5.41, 5.74) is 5.48. The molecule has 152 valence electrons. The first-order valence-corrected chi connectivity index (χ1v) is 9.21. The summed E-state index contributed by atoms with van der Waals surface area (Å²) in [5.74, 6) is 1.11. The zero-order valence-electron chi connectivity index (χ0n) is 16.4. The van der Waals surface area contributed by atoms with Gasteiger partial charge in [0.25, 0.3) is 11.8 Å². The van der Waals surface area contributed by atoms with Crippen molar-refractivity contribution in [2.24, 2.45) is 5.10 Å². The Kier molecular flexibility index (Phi) is 5.21.